The van der Waals surface area contributed by atoms with E-state index in [2.05, 4.69) is 68.7 Å². The van der Waals surface area contributed by atoms with Crippen LogP contribution in [-0.2, 0) is 75.6 Å². The fraction of sp³-hybridized carbons (Fsp3) is 1.00. The normalized spacial score (nSPS) is 13.2. The van der Waals surface area contributed by atoms with Gasteiger partial charge >= 0.3 is 21.1 Å². The van der Waals surface area contributed by atoms with Crippen LogP contribution in [0.4, 0.5) is 0 Å². The van der Waals surface area contributed by atoms with Gasteiger partial charge in [-0.25, -0.2) is 0 Å². The quantitative estimate of drug-likeness (QED) is 0.0326. The van der Waals surface area contributed by atoms with Crippen molar-refractivity contribution in [3.05, 3.63) is 0 Å². The molecule has 0 aliphatic carbocycles. The van der Waals surface area contributed by atoms with Gasteiger partial charge in [-0.15, -0.1) is 0 Å². The number of unbranched alkanes of at least 4 members (excludes halogenated alkanes) is 18. The molecule has 0 amide bonds. The van der Waals surface area contributed by atoms with Gasteiger partial charge in [0.2, 0.25) is 0 Å². The van der Waals surface area contributed by atoms with Crippen LogP contribution >= 0.6 is 49.5 Å². The molecule has 18 nitrogen and oxygen atoms in total. The Morgan fingerprint density at radius 3 is 0.443 bits per heavy atom. The number of hydrogen-bond donors (Lipinski definition) is 0. The Balaban J connectivity index is -0.000000114. The first-order chi connectivity index (χ1) is 28.6. The van der Waals surface area contributed by atoms with Crippen molar-refractivity contribution >= 4 is 49.5 Å². The molecule has 0 spiro atoms. The molecule has 25 heteroatoms. The van der Waals surface area contributed by atoms with Crippen molar-refractivity contribution in [3.8, 4) is 0 Å². The molecule has 0 radical (unpaired) electrons. The summed E-state index contributed by atoms with van der Waals surface area (Å²) in [6, 6.07) is 0. The standard InChI is InChI=1S/6C6H15O3P.Mo/c6*1-2-3-4-5-6-9-10(7)8;/h6*10H,2-6H2,1H3,(H,7,8);/q;;;;;;+6/p-6. The second-order valence-corrected chi connectivity index (χ2v) is 17.7. The molecule has 0 rings (SSSR count). The molecule has 61 heavy (non-hydrogen) atoms. The first-order valence-electron chi connectivity index (χ1n) is 21.6. The van der Waals surface area contributed by atoms with E-state index in [9.17, 15) is 56.8 Å². The van der Waals surface area contributed by atoms with Gasteiger partial charge in [-0.1, -0.05) is 157 Å². The Kier molecular flexibility index (Phi) is 92.2. The van der Waals surface area contributed by atoms with E-state index in [0.29, 0.717) is 39.6 Å². The monoisotopic (exact) mass is 1090 g/mol. The zero-order valence-corrected chi connectivity index (χ0v) is 46.0. The van der Waals surface area contributed by atoms with Crippen molar-refractivity contribution in [2.45, 2.75) is 196 Å². The van der Waals surface area contributed by atoms with Crippen LogP contribution in [0.3, 0.4) is 0 Å². The van der Waals surface area contributed by atoms with Gasteiger partial charge < -0.3 is 83.9 Å². The van der Waals surface area contributed by atoms with Crippen molar-refractivity contribution in [1.29, 1.82) is 0 Å². The Labute approximate surface area is 388 Å². The molecule has 6 atom stereocenters. The smallest absolute Gasteiger partial charge is 0.781 e. The van der Waals surface area contributed by atoms with E-state index < -0.39 is 49.5 Å². The summed E-state index contributed by atoms with van der Waals surface area (Å²) in [5.74, 6) is 0. The minimum Gasteiger partial charge on any atom is -0.781 e. The second-order valence-electron chi connectivity index (χ2n) is 13.0. The van der Waals surface area contributed by atoms with Crippen molar-refractivity contribution in [2.24, 2.45) is 0 Å². The molecule has 0 heterocycles. The largest absolute Gasteiger partial charge is 6.00 e. The van der Waals surface area contributed by atoms with Gasteiger partial charge in [0.25, 0.3) is 0 Å². The van der Waals surface area contributed by atoms with Crippen LogP contribution in [0.15, 0.2) is 0 Å². The fourth-order valence-corrected chi connectivity index (χ4v) is 5.97. The van der Waals surface area contributed by atoms with Crippen molar-refractivity contribution in [2.75, 3.05) is 39.6 Å². The van der Waals surface area contributed by atoms with E-state index in [-0.39, 0.29) is 21.1 Å². The Hall–Kier alpha value is 1.59. The Morgan fingerprint density at radius 2 is 0.361 bits per heavy atom. The van der Waals surface area contributed by atoms with Gasteiger partial charge in [-0.2, -0.15) is 0 Å². The second kappa shape index (κ2) is 73.2. The first kappa shape index (κ1) is 76.8. The first-order valence-corrected chi connectivity index (χ1v) is 29.0. The average Bonchev–Trinajstić information content (AvgIpc) is 3.18. The van der Waals surface area contributed by atoms with Crippen LogP contribution in [0.2, 0.25) is 0 Å². The molecule has 0 N–H and O–H groups in total. The van der Waals surface area contributed by atoms with E-state index in [1.54, 1.807) is 0 Å². The molecule has 0 bridgehead atoms. The van der Waals surface area contributed by atoms with Gasteiger partial charge in [-0.3, -0.25) is 0 Å². The van der Waals surface area contributed by atoms with E-state index >= 15 is 0 Å². The van der Waals surface area contributed by atoms with Crippen molar-refractivity contribution in [3.63, 3.8) is 0 Å². The van der Waals surface area contributed by atoms with E-state index in [1.807, 2.05) is 0 Å². The molecule has 6 unspecified atom stereocenters. The molecule has 0 fully saturated rings. The molecule has 0 aliphatic rings. The zero-order chi connectivity index (χ0) is 46.9. The van der Waals surface area contributed by atoms with Gasteiger partial charge in [0.05, 0.1) is 39.6 Å². The average molecular weight is 1090 g/mol. The summed E-state index contributed by atoms with van der Waals surface area (Å²) < 4.78 is 85.6. The van der Waals surface area contributed by atoms with Crippen LogP contribution in [0.5, 0.6) is 0 Å². The van der Waals surface area contributed by atoms with Crippen LogP contribution in [0.1, 0.15) is 196 Å². The molecule has 0 aromatic rings. The van der Waals surface area contributed by atoms with Crippen LogP contribution < -0.4 is 29.4 Å². The minimum atomic E-state index is -2.92. The third kappa shape index (κ3) is 115. The van der Waals surface area contributed by atoms with Gasteiger partial charge in [0.1, 0.15) is 49.5 Å². The van der Waals surface area contributed by atoms with Crippen molar-refractivity contribution in [1.82, 2.24) is 0 Å². The maximum atomic E-state index is 9.88. The third-order valence-electron chi connectivity index (χ3n) is 7.31. The molecule has 372 valence electrons. The van der Waals surface area contributed by atoms with Gasteiger partial charge in [0, 0.05) is 0 Å². The summed E-state index contributed by atoms with van der Waals surface area (Å²) in [4.78, 5) is 59.3. The topological polar surface area (TPSA) is 296 Å². The van der Waals surface area contributed by atoms with Crippen LogP contribution in [0, 0.1) is 0 Å². The Bertz CT molecular complexity index is 763. The molecule has 0 aromatic heterocycles. The molecule has 0 saturated carbocycles. The van der Waals surface area contributed by atoms with Crippen LogP contribution in [0.25, 0.3) is 0 Å². The summed E-state index contributed by atoms with van der Waals surface area (Å²) in [5, 5.41) is 0. The molecule has 0 aliphatic heterocycles. The van der Waals surface area contributed by atoms with Gasteiger partial charge in [0.15, 0.2) is 0 Å². The summed E-state index contributed by atoms with van der Waals surface area (Å²) >= 11 is 0. The number of hydrogen-bond acceptors (Lipinski definition) is 18. The zero-order valence-electron chi connectivity index (χ0n) is 38.0. The van der Waals surface area contributed by atoms with E-state index in [4.69, 9.17) is 0 Å². The predicted molar refractivity (Wildman–Crippen MR) is 235 cm³/mol. The van der Waals surface area contributed by atoms with Gasteiger partial charge in [-0.05, 0) is 38.5 Å². The Morgan fingerprint density at radius 1 is 0.246 bits per heavy atom. The van der Waals surface area contributed by atoms with Crippen molar-refractivity contribution < 1.29 is 105 Å². The summed E-state index contributed by atoms with van der Waals surface area (Å²) in [6.07, 6.45) is 25.4. The summed E-state index contributed by atoms with van der Waals surface area (Å²) in [5.41, 5.74) is 0. The maximum Gasteiger partial charge on any atom is 6.00 e. The maximum absolute atomic E-state index is 9.88. The van der Waals surface area contributed by atoms with E-state index in [1.165, 1.54) is 0 Å². The summed E-state index contributed by atoms with van der Waals surface area (Å²) in [7, 11) is -17.5. The van der Waals surface area contributed by atoms with Crippen LogP contribution in [-0.4, -0.2) is 39.6 Å². The SMILES string of the molecule is CCCCCCO[PH](=O)[O-].CCCCCCO[PH](=O)[O-].CCCCCCO[PH](=O)[O-].CCCCCCO[PH](=O)[O-].CCCCCCO[PH](=O)[O-].CCCCCCO[PH](=O)[O-].[Mo+6]. The molecule has 0 saturated heterocycles. The summed E-state index contributed by atoms with van der Waals surface area (Å²) in [6.45, 7) is 14.8. The third-order valence-corrected chi connectivity index (χ3v) is 9.95. The minimum absolute atomic E-state index is 0. The fourth-order valence-electron chi connectivity index (χ4n) is 4.11. The molecule has 0 aromatic carbocycles. The molecular weight excluding hydrogens is 1000 g/mol. The molecular formula is C36H84MoO18P6. The van der Waals surface area contributed by atoms with E-state index in [0.717, 1.165) is 154 Å². The predicted octanol–water partition coefficient (Wildman–Crippen LogP) is 8.00. The number of rotatable bonds is 36.